The molecule has 0 spiro atoms. The van der Waals surface area contributed by atoms with Crippen LogP contribution in [0, 0.1) is 0 Å². The number of nitrogens with zero attached hydrogens (tertiary/aromatic N) is 4. The monoisotopic (exact) mass is 492 g/mol. The maximum Gasteiger partial charge on any atom is 0.240 e. The molecule has 0 aliphatic carbocycles. The van der Waals surface area contributed by atoms with Gasteiger partial charge in [-0.3, -0.25) is 0 Å². The van der Waals surface area contributed by atoms with Gasteiger partial charge in [-0.05, 0) is 16.8 Å². The number of hydrogen-bond acceptors (Lipinski definition) is 12. The molecule has 0 amide bonds. The molecule has 1 fully saturated rings. The number of tetrazole rings is 1. The number of nitrogens with two attached hydrogens (primary N) is 3. The van der Waals surface area contributed by atoms with Crippen LogP contribution in [0.5, 0.6) is 0 Å². The molecule has 1 aliphatic rings. The van der Waals surface area contributed by atoms with E-state index in [9.17, 15) is 27.0 Å². The number of benzene rings is 1. The van der Waals surface area contributed by atoms with E-state index in [4.69, 9.17) is 20.7 Å². The van der Waals surface area contributed by atoms with Crippen LogP contribution in [0.4, 0.5) is 5.69 Å². The van der Waals surface area contributed by atoms with E-state index in [-0.39, 0.29) is 61.9 Å². The molecule has 2 atom stereocenters. The first-order valence-corrected chi connectivity index (χ1v) is 12.4. The van der Waals surface area contributed by atoms with Crippen molar-refractivity contribution >= 4 is 25.7 Å². The Hall–Kier alpha value is -2.25. The zero-order valence-electron chi connectivity index (χ0n) is 16.7. The van der Waals surface area contributed by atoms with E-state index in [2.05, 4.69) is 20.6 Å². The molecule has 32 heavy (non-hydrogen) atoms. The lowest BCUT2D eigenvalue weighted by atomic mass is 9.99. The van der Waals surface area contributed by atoms with E-state index in [0.29, 0.717) is 0 Å². The summed E-state index contributed by atoms with van der Waals surface area (Å²) in [6, 6.07) is 1.04. The summed E-state index contributed by atoms with van der Waals surface area (Å²) in [5.74, 6) is -0.259. The molecule has 1 unspecified atom stereocenters. The molecule has 1 saturated heterocycles. The highest BCUT2D eigenvalue weighted by Gasteiger charge is 2.35. The molecule has 2 heterocycles. The van der Waals surface area contributed by atoms with Gasteiger partial charge < -0.3 is 25.6 Å². The normalized spacial score (nSPS) is 18.7. The molecule has 1 aromatic heterocycles. The van der Waals surface area contributed by atoms with Gasteiger partial charge in [0.2, 0.25) is 25.9 Å². The number of primary sulfonamides is 2. The lowest BCUT2D eigenvalue weighted by Crippen LogP contribution is -2.45. The second-order valence-electron chi connectivity index (χ2n) is 7.13. The number of rotatable bonds is 8. The van der Waals surface area contributed by atoms with E-state index in [1.165, 1.54) is 0 Å². The van der Waals surface area contributed by atoms with Crippen LogP contribution in [0.25, 0.3) is 11.4 Å². The van der Waals surface area contributed by atoms with Crippen molar-refractivity contribution in [1.29, 1.82) is 0 Å². The van der Waals surface area contributed by atoms with Crippen molar-refractivity contribution in [3.05, 3.63) is 11.6 Å². The molecule has 9 N–H and O–H groups in total. The second-order valence-corrected chi connectivity index (χ2v) is 10.2. The molecule has 17 heteroatoms. The van der Waals surface area contributed by atoms with Gasteiger partial charge in [-0.1, -0.05) is 0 Å². The highest BCUT2D eigenvalue weighted by atomic mass is 32.2. The number of aromatic nitrogens is 4. The van der Waals surface area contributed by atoms with Gasteiger partial charge in [0.15, 0.2) is 0 Å². The van der Waals surface area contributed by atoms with Crippen molar-refractivity contribution in [3.63, 3.8) is 0 Å². The third-order valence-electron chi connectivity index (χ3n) is 4.84. The van der Waals surface area contributed by atoms with Gasteiger partial charge >= 0.3 is 0 Å². The first-order chi connectivity index (χ1) is 15.0. The Bertz CT molecular complexity index is 1170. The molecule has 0 radical (unpaired) electrons. The molecule has 3 rings (SSSR count). The van der Waals surface area contributed by atoms with E-state index < -0.39 is 42.0 Å². The molecular weight excluding hydrogens is 468 g/mol. The number of nitrogens with one attached hydrogen (secondary N) is 1. The number of hydrogen-bond donors (Lipinski definition) is 6. The number of aliphatic hydroxyl groups excluding tert-OH is 2. The third-order valence-corrected chi connectivity index (χ3v) is 6.90. The number of anilines is 1. The van der Waals surface area contributed by atoms with Crippen molar-refractivity contribution in [1.82, 2.24) is 20.6 Å². The second kappa shape index (κ2) is 9.32. The highest BCUT2D eigenvalue weighted by molar-refractivity contribution is 7.92. The maximum atomic E-state index is 12.6. The van der Waals surface area contributed by atoms with Crippen molar-refractivity contribution in [2.24, 2.45) is 16.0 Å². The van der Waals surface area contributed by atoms with Crippen LogP contribution in [0.2, 0.25) is 0 Å². The number of morpholine rings is 1. The van der Waals surface area contributed by atoms with Crippen LogP contribution in [0.1, 0.15) is 5.56 Å². The molecule has 1 aromatic carbocycles. The SMILES string of the molecule is NC[C@H](O)Cc1cc(S(N)(=O)=O)c(S(N)(=O)=O)c(-c2nn[nH]n2)c1N1CCOC(CO)C1. The van der Waals surface area contributed by atoms with E-state index in [0.717, 1.165) is 6.07 Å². The van der Waals surface area contributed by atoms with Crippen LogP contribution in [-0.2, 0) is 31.2 Å². The zero-order chi connectivity index (χ0) is 23.7. The summed E-state index contributed by atoms with van der Waals surface area (Å²) in [5.41, 5.74) is 5.66. The van der Waals surface area contributed by atoms with E-state index in [1.807, 2.05) is 0 Å². The Morgan fingerprint density at radius 3 is 2.53 bits per heavy atom. The summed E-state index contributed by atoms with van der Waals surface area (Å²) >= 11 is 0. The standard InChI is InChI=1S/C15H24N8O7S2/c16-5-9(25)3-8-4-11(31(17,26)27)14(32(18,28)29)12(15-19-21-22-20-15)13(8)23-1-2-30-10(6-23)7-24/h4,9-10,24-25H,1-3,5-7,16H2,(H2,17,26,27)(H2,18,28,29)(H,19,20,21,22)/t9-,10?/m1/s1. The van der Waals surface area contributed by atoms with Crippen LogP contribution >= 0.6 is 0 Å². The van der Waals surface area contributed by atoms with Gasteiger partial charge in [-0.25, -0.2) is 27.1 Å². The minimum atomic E-state index is -4.68. The van der Waals surface area contributed by atoms with Gasteiger partial charge in [0.1, 0.15) is 9.79 Å². The number of aliphatic hydroxyl groups is 2. The fourth-order valence-electron chi connectivity index (χ4n) is 3.54. The molecular formula is C15H24N8O7S2. The van der Waals surface area contributed by atoms with Crippen LogP contribution in [0.3, 0.4) is 0 Å². The Morgan fingerprint density at radius 1 is 1.28 bits per heavy atom. The topological polar surface area (TPSA) is 254 Å². The number of aromatic amines is 1. The lowest BCUT2D eigenvalue weighted by molar-refractivity contribution is 0.00352. The Balaban J connectivity index is 2.46. The number of ether oxygens (including phenoxy) is 1. The number of sulfonamides is 2. The smallest absolute Gasteiger partial charge is 0.240 e. The largest absolute Gasteiger partial charge is 0.394 e. The Morgan fingerprint density at radius 2 is 2.00 bits per heavy atom. The molecule has 2 aromatic rings. The molecule has 0 saturated carbocycles. The van der Waals surface area contributed by atoms with Crippen molar-refractivity contribution in [3.8, 4) is 11.4 Å². The number of H-pyrrole nitrogens is 1. The fourth-order valence-corrected chi connectivity index (χ4v) is 5.72. The summed E-state index contributed by atoms with van der Waals surface area (Å²) in [6.07, 6.45) is -1.84. The average molecular weight is 493 g/mol. The molecule has 1 aliphatic heterocycles. The van der Waals surface area contributed by atoms with E-state index >= 15 is 0 Å². The fraction of sp³-hybridized carbons (Fsp3) is 0.533. The van der Waals surface area contributed by atoms with Gasteiger partial charge in [0.25, 0.3) is 0 Å². The Labute approximate surface area is 183 Å². The minimum absolute atomic E-state index is 0.117. The molecule has 0 bridgehead atoms. The molecule has 178 valence electrons. The predicted octanol–water partition coefficient (Wildman–Crippen LogP) is -3.78. The van der Waals surface area contributed by atoms with Gasteiger partial charge in [-0.2, -0.15) is 5.21 Å². The zero-order valence-corrected chi connectivity index (χ0v) is 18.4. The van der Waals surface area contributed by atoms with Gasteiger partial charge in [0.05, 0.1) is 36.7 Å². The Kier molecular flexibility index (Phi) is 7.10. The van der Waals surface area contributed by atoms with Gasteiger partial charge in [0, 0.05) is 26.1 Å². The van der Waals surface area contributed by atoms with Crippen LogP contribution in [-0.4, -0.2) is 92.7 Å². The van der Waals surface area contributed by atoms with Crippen molar-refractivity contribution < 1.29 is 31.8 Å². The van der Waals surface area contributed by atoms with Crippen molar-refractivity contribution in [2.45, 2.75) is 28.4 Å². The average Bonchev–Trinajstić information content (AvgIpc) is 3.25. The summed E-state index contributed by atoms with van der Waals surface area (Å²) in [4.78, 5) is 0.0696. The summed E-state index contributed by atoms with van der Waals surface area (Å²) in [5, 5.41) is 43.7. The summed E-state index contributed by atoms with van der Waals surface area (Å²) in [6.45, 7) is 0.0717. The van der Waals surface area contributed by atoms with Crippen molar-refractivity contribution in [2.75, 3.05) is 37.7 Å². The third kappa shape index (κ3) is 5.04. The van der Waals surface area contributed by atoms with E-state index in [1.54, 1.807) is 4.90 Å². The quantitative estimate of drug-likeness (QED) is 0.207. The first-order valence-electron chi connectivity index (χ1n) is 9.32. The minimum Gasteiger partial charge on any atom is -0.394 e. The maximum absolute atomic E-state index is 12.6. The van der Waals surface area contributed by atoms with Crippen LogP contribution < -0.4 is 20.9 Å². The summed E-state index contributed by atoms with van der Waals surface area (Å²) in [7, 11) is -9.28. The lowest BCUT2D eigenvalue weighted by Gasteiger charge is -2.36. The predicted molar refractivity (Wildman–Crippen MR) is 110 cm³/mol. The molecule has 15 nitrogen and oxygen atoms in total. The first kappa shape index (κ1) is 24.4. The summed E-state index contributed by atoms with van der Waals surface area (Å²) < 4.78 is 55.3. The van der Waals surface area contributed by atoms with Crippen LogP contribution in [0.15, 0.2) is 15.9 Å². The highest BCUT2D eigenvalue weighted by Crippen LogP contribution is 2.42. The van der Waals surface area contributed by atoms with Gasteiger partial charge in [-0.15, -0.1) is 10.2 Å².